The summed E-state index contributed by atoms with van der Waals surface area (Å²) in [5.41, 5.74) is 0.463. The van der Waals surface area contributed by atoms with E-state index >= 15 is 0 Å². The number of carbonyl (C=O) groups excluding carboxylic acids is 1. The number of benzene rings is 1. The normalized spacial score (nSPS) is 24.0. The van der Waals surface area contributed by atoms with Gasteiger partial charge in [0.25, 0.3) is 5.91 Å². The molecule has 3 rings (SSSR count). The van der Waals surface area contributed by atoms with Gasteiger partial charge in [0.05, 0.1) is 21.7 Å². The molecule has 0 radical (unpaired) electrons. The van der Waals surface area contributed by atoms with Gasteiger partial charge in [0.15, 0.2) is 19.7 Å². The Morgan fingerprint density at radius 2 is 1.70 bits per heavy atom. The minimum atomic E-state index is -3.68. The summed E-state index contributed by atoms with van der Waals surface area (Å²) in [4.78, 5) is 14.1. The monoisotopic (exact) mass is 357 g/mol. The highest BCUT2D eigenvalue weighted by molar-refractivity contribution is 7.96. The molecule has 0 bridgehead atoms. The van der Waals surface area contributed by atoms with E-state index < -0.39 is 24.9 Å². The summed E-state index contributed by atoms with van der Waals surface area (Å²) in [6.07, 6.45) is 2.13. The SMILES string of the molecule is O=C(c1ccc(S(=O)(=O)[C@H]2CCS(=O)(=O)C2)cc1)N1CCCC1. The maximum Gasteiger partial charge on any atom is 0.253 e. The third kappa shape index (κ3) is 3.28. The van der Waals surface area contributed by atoms with E-state index in [1.54, 1.807) is 4.90 Å². The van der Waals surface area contributed by atoms with Crippen molar-refractivity contribution in [1.29, 1.82) is 0 Å². The van der Waals surface area contributed by atoms with Gasteiger partial charge >= 0.3 is 0 Å². The van der Waals surface area contributed by atoms with Crippen molar-refractivity contribution in [3.8, 4) is 0 Å². The molecule has 2 heterocycles. The molecule has 1 amide bonds. The fourth-order valence-electron chi connectivity index (χ4n) is 3.09. The Morgan fingerprint density at radius 1 is 1.09 bits per heavy atom. The summed E-state index contributed by atoms with van der Waals surface area (Å²) in [6.45, 7) is 1.47. The average Bonchev–Trinajstić information content (AvgIpc) is 3.16. The quantitative estimate of drug-likeness (QED) is 0.801. The predicted octanol–water partition coefficient (Wildman–Crippen LogP) is 0.883. The number of sulfone groups is 2. The molecule has 0 unspecified atom stereocenters. The van der Waals surface area contributed by atoms with Gasteiger partial charge in [0, 0.05) is 18.7 Å². The molecule has 0 aliphatic carbocycles. The van der Waals surface area contributed by atoms with Gasteiger partial charge in [-0.3, -0.25) is 4.79 Å². The minimum Gasteiger partial charge on any atom is -0.339 e. The molecule has 23 heavy (non-hydrogen) atoms. The zero-order chi connectivity index (χ0) is 16.7. The Bertz CT molecular complexity index is 806. The Balaban J connectivity index is 1.80. The molecule has 2 aliphatic rings. The first-order valence-corrected chi connectivity index (χ1v) is 11.0. The maximum atomic E-state index is 12.5. The molecule has 126 valence electrons. The number of rotatable bonds is 3. The van der Waals surface area contributed by atoms with E-state index in [0.717, 1.165) is 25.9 Å². The molecule has 1 aromatic rings. The number of hydrogen-bond acceptors (Lipinski definition) is 5. The molecule has 0 N–H and O–H groups in total. The highest BCUT2D eigenvalue weighted by Crippen LogP contribution is 2.26. The summed E-state index contributed by atoms with van der Waals surface area (Å²) >= 11 is 0. The highest BCUT2D eigenvalue weighted by Gasteiger charge is 2.38. The second-order valence-corrected chi connectivity index (χ2v) is 10.6. The van der Waals surface area contributed by atoms with E-state index in [1.165, 1.54) is 24.3 Å². The highest BCUT2D eigenvalue weighted by atomic mass is 32.2. The Labute approximate surface area is 136 Å². The molecule has 2 saturated heterocycles. The van der Waals surface area contributed by atoms with Crippen LogP contribution in [0.4, 0.5) is 0 Å². The van der Waals surface area contributed by atoms with Crippen LogP contribution in [0, 0.1) is 0 Å². The Kier molecular flexibility index (Phi) is 4.22. The molecule has 1 atom stereocenters. The predicted molar refractivity (Wildman–Crippen MR) is 85.8 cm³/mol. The van der Waals surface area contributed by atoms with Gasteiger partial charge in [-0.25, -0.2) is 16.8 Å². The van der Waals surface area contributed by atoms with Crippen LogP contribution >= 0.6 is 0 Å². The first-order chi connectivity index (χ1) is 10.8. The first kappa shape index (κ1) is 16.4. The lowest BCUT2D eigenvalue weighted by Crippen LogP contribution is -2.27. The maximum absolute atomic E-state index is 12.5. The van der Waals surface area contributed by atoms with Crippen LogP contribution in [0.5, 0.6) is 0 Å². The summed E-state index contributed by atoms with van der Waals surface area (Å²) < 4.78 is 48.0. The van der Waals surface area contributed by atoms with Crippen LogP contribution in [-0.2, 0) is 19.7 Å². The summed E-state index contributed by atoms with van der Waals surface area (Å²) in [6, 6.07) is 5.83. The van der Waals surface area contributed by atoms with E-state index in [4.69, 9.17) is 0 Å². The van der Waals surface area contributed by atoms with Gasteiger partial charge in [-0.2, -0.15) is 0 Å². The van der Waals surface area contributed by atoms with Gasteiger partial charge < -0.3 is 4.90 Å². The van der Waals surface area contributed by atoms with Crippen molar-refractivity contribution in [3.05, 3.63) is 29.8 Å². The molecule has 0 aromatic heterocycles. The van der Waals surface area contributed by atoms with Crippen molar-refractivity contribution in [1.82, 2.24) is 4.90 Å². The Hall–Kier alpha value is -1.41. The van der Waals surface area contributed by atoms with E-state index in [2.05, 4.69) is 0 Å². The fraction of sp³-hybridized carbons (Fsp3) is 0.533. The smallest absolute Gasteiger partial charge is 0.253 e. The zero-order valence-corrected chi connectivity index (χ0v) is 14.3. The van der Waals surface area contributed by atoms with Crippen molar-refractivity contribution in [2.45, 2.75) is 29.4 Å². The van der Waals surface area contributed by atoms with E-state index in [9.17, 15) is 21.6 Å². The topological polar surface area (TPSA) is 88.6 Å². The number of nitrogens with zero attached hydrogens (tertiary/aromatic N) is 1. The van der Waals surface area contributed by atoms with E-state index in [0.29, 0.717) is 5.56 Å². The number of hydrogen-bond donors (Lipinski definition) is 0. The zero-order valence-electron chi connectivity index (χ0n) is 12.6. The molecule has 0 saturated carbocycles. The molecule has 6 nitrogen and oxygen atoms in total. The van der Waals surface area contributed by atoms with Gasteiger partial charge in [-0.15, -0.1) is 0 Å². The number of carbonyl (C=O) groups is 1. The van der Waals surface area contributed by atoms with E-state index in [-0.39, 0.29) is 28.7 Å². The lowest BCUT2D eigenvalue weighted by Gasteiger charge is -2.15. The van der Waals surface area contributed by atoms with Crippen LogP contribution in [0.1, 0.15) is 29.6 Å². The molecular formula is C15H19NO5S2. The van der Waals surface area contributed by atoms with Crippen molar-refractivity contribution < 1.29 is 21.6 Å². The molecule has 0 spiro atoms. The Morgan fingerprint density at radius 3 is 2.22 bits per heavy atom. The number of amides is 1. The summed E-state index contributed by atoms with van der Waals surface area (Å²) in [7, 11) is -6.93. The van der Waals surface area contributed by atoms with Crippen LogP contribution < -0.4 is 0 Å². The van der Waals surface area contributed by atoms with Gasteiger partial charge in [0.1, 0.15) is 0 Å². The largest absolute Gasteiger partial charge is 0.339 e. The molecular weight excluding hydrogens is 338 g/mol. The molecule has 1 aromatic carbocycles. The van der Waals surface area contributed by atoms with Crippen LogP contribution in [0.3, 0.4) is 0 Å². The lowest BCUT2D eigenvalue weighted by atomic mass is 10.2. The van der Waals surface area contributed by atoms with Crippen molar-refractivity contribution >= 4 is 25.6 Å². The minimum absolute atomic E-state index is 0.0809. The molecule has 2 fully saturated rings. The van der Waals surface area contributed by atoms with Gasteiger partial charge in [0.2, 0.25) is 0 Å². The fourth-order valence-corrected chi connectivity index (χ4v) is 7.45. The van der Waals surface area contributed by atoms with Crippen LogP contribution in [0.25, 0.3) is 0 Å². The molecule has 2 aliphatic heterocycles. The van der Waals surface area contributed by atoms with E-state index in [1.807, 2.05) is 0 Å². The van der Waals surface area contributed by atoms with Crippen molar-refractivity contribution in [2.24, 2.45) is 0 Å². The standard InChI is InChI=1S/C15H19NO5S2/c17-15(16-8-1-2-9-16)12-3-5-13(6-4-12)23(20,21)14-7-10-22(18,19)11-14/h3-6,14H,1-2,7-11H2/t14-/m0/s1. The summed E-state index contributed by atoms with van der Waals surface area (Å²) in [5, 5.41) is -0.882. The number of likely N-dealkylation sites (tertiary alicyclic amines) is 1. The van der Waals surface area contributed by atoms with Gasteiger partial charge in [-0.05, 0) is 43.5 Å². The van der Waals surface area contributed by atoms with Crippen molar-refractivity contribution in [2.75, 3.05) is 24.6 Å². The van der Waals surface area contributed by atoms with Gasteiger partial charge in [-0.1, -0.05) is 0 Å². The third-order valence-electron chi connectivity index (χ3n) is 4.45. The second-order valence-electron chi connectivity index (χ2n) is 6.09. The van der Waals surface area contributed by atoms with Crippen LogP contribution in [0.15, 0.2) is 29.2 Å². The second kappa shape index (κ2) is 5.90. The average molecular weight is 357 g/mol. The first-order valence-electron chi connectivity index (χ1n) is 7.63. The van der Waals surface area contributed by atoms with Crippen molar-refractivity contribution in [3.63, 3.8) is 0 Å². The lowest BCUT2D eigenvalue weighted by molar-refractivity contribution is 0.0792. The van der Waals surface area contributed by atoms with Crippen LogP contribution in [-0.4, -0.2) is 57.5 Å². The molecule has 8 heteroatoms. The van der Waals surface area contributed by atoms with Crippen LogP contribution in [0.2, 0.25) is 0 Å². The summed E-state index contributed by atoms with van der Waals surface area (Å²) in [5.74, 6) is -0.485. The third-order valence-corrected chi connectivity index (χ3v) is 8.64.